The summed E-state index contributed by atoms with van der Waals surface area (Å²) in [5.41, 5.74) is 0.726. The molecule has 0 spiro atoms. The number of likely N-dealkylation sites (tertiary alicyclic amines) is 1. The molecule has 1 fully saturated rings. The van der Waals surface area contributed by atoms with Gasteiger partial charge in [-0.05, 0) is 37.6 Å². The maximum absolute atomic E-state index is 12.3. The molecule has 1 N–H and O–H groups in total. The van der Waals surface area contributed by atoms with E-state index in [0.29, 0.717) is 31.2 Å². The van der Waals surface area contributed by atoms with Crippen molar-refractivity contribution in [2.24, 2.45) is 5.92 Å². The predicted octanol–water partition coefficient (Wildman–Crippen LogP) is 1.88. The van der Waals surface area contributed by atoms with E-state index < -0.39 is 5.97 Å². The first kappa shape index (κ1) is 14.5. The van der Waals surface area contributed by atoms with Crippen molar-refractivity contribution in [2.75, 3.05) is 26.3 Å². The molecule has 0 unspecified atom stereocenters. The Morgan fingerprint density at radius 1 is 1.30 bits per heavy atom. The summed E-state index contributed by atoms with van der Waals surface area (Å²) >= 11 is 0. The van der Waals surface area contributed by atoms with Gasteiger partial charge in [-0.15, -0.1) is 0 Å². The zero-order valence-electron chi connectivity index (χ0n) is 11.5. The maximum Gasteiger partial charge on any atom is 0.335 e. The number of rotatable bonds is 5. The first-order chi connectivity index (χ1) is 9.61. The molecule has 0 aromatic heterocycles. The number of benzene rings is 1. The van der Waals surface area contributed by atoms with Gasteiger partial charge in [0, 0.05) is 31.2 Å². The molecule has 5 nitrogen and oxygen atoms in total. The molecule has 2 rings (SSSR count). The molecule has 20 heavy (non-hydrogen) atoms. The zero-order valence-corrected chi connectivity index (χ0v) is 11.5. The van der Waals surface area contributed by atoms with Crippen molar-refractivity contribution in [3.63, 3.8) is 0 Å². The van der Waals surface area contributed by atoms with Crippen LogP contribution in [-0.2, 0) is 4.74 Å². The van der Waals surface area contributed by atoms with Gasteiger partial charge in [-0.1, -0.05) is 0 Å². The third-order valence-corrected chi connectivity index (χ3v) is 3.51. The number of carbonyl (C=O) groups is 2. The van der Waals surface area contributed by atoms with Crippen molar-refractivity contribution >= 4 is 11.9 Å². The van der Waals surface area contributed by atoms with Gasteiger partial charge in [0.1, 0.15) is 0 Å². The van der Waals surface area contributed by atoms with Crippen molar-refractivity contribution < 1.29 is 19.4 Å². The van der Waals surface area contributed by atoms with Crippen LogP contribution >= 0.6 is 0 Å². The lowest BCUT2D eigenvalue weighted by Gasteiger charge is -2.16. The third-order valence-electron chi connectivity index (χ3n) is 3.51. The molecule has 1 amide bonds. The van der Waals surface area contributed by atoms with Gasteiger partial charge in [-0.25, -0.2) is 4.79 Å². The standard InChI is InChI=1S/C15H19NO4/c1-2-20-10-11-7-8-16(9-11)14(17)12-3-5-13(6-4-12)15(18)19/h3-6,11H,2,7-10H2,1H3,(H,18,19)/t11-/m1/s1. The van der Waals surface area contributed by atoms with E-state index in [2.05, 4.69) is 0 Å². The second-order valence-electron chi connectivity index (χ2n) is 4.95. The second-order valence-corrected chi connectivity index (χ2v) is 4.95. The molecule has 1 heterocycles. The summed E-state index contributed by atoms with van der Waals surface area (Å²) in [6.45, 7) is 4.79. The van der Waals surface area contributed by atoms with Gasteiger partial charge in [0.05, 0.1) is 12.2 Å². The van der Waals surface area contributed by atoms with Crippen LogP contribution in [0.4, 0.5) is 0 Å². The number of carboxylic acid groups (broad SMARTS) is 1. The van der Waals surface area contributed by atoms with Crippen LogP contribution in [0.1, 0.15) is 34.1 Å². The van der Waals surface area contributed by atoms with Gasteiger partial charge in [0.15, 0.2) is 0 Å². The first-order valence-electron chi connectivity index (χ1n) is 6.82. The Bertz CT molecular complexity index is 483. The molecule has 5 heteroatoms. The van der Waals surface area contributed by atoms with E-state index >= 15 is 0 Å². The van der Waals surface area contributed by atoms with E-state index in [1.54, 1.807) is 17.0 Å². The van der Waals surface area contributed by atoms with E-state index in [9.17, 15) is 9.59 Å². The smallest absolute Gasteiger partial charge is 0.335 e. The quantitative estimate of drug-likeness (QED) is 0.892. The molecule has 1 aliphatic rings. The highest BCUT2D eigenvalue weighted by Crippen LogP contribution is 2.19. The van der Waals surface area contributed by atoms with Crippen LogP contribution in [0.2, 0.25) is 0 Å². The fraction of sp³-hybridized carbons (Fsp3) is 0.467. The number of ether oxygens (including phenoxy) is 1. The van der Waals surface area contributed by atoms with E-state index in [0.717, 1.165) is 13.0 Å². The molecule has 108 valence electrons. The van der Waals surface area contributed by atoms with Gasteiger partial charge in [-0.3, -0.25) is 4.79 Å². The van der Waals surface area contributed by atoms with Crippen LogP contribution < -0.4 is 0 Å². The number of hydrogen-bond donors (Lipinski definition) is 1. The lowest BCUT2D eigenvalue weighted by molar-refractivity contribution is 0.0694. The van der Waals surface area contributed by atoms with Crippen molar-refractivity contribution in [2.45, 2.75) is 13.3 Å². The van der Waals surface area contributed by atoms with Gasteiger partial charge in [-0.2, -0.15) is 0 Å². The maximum atomic E-state index is 12.3. The molecule has 1 aliphatic heterocycles. The zero-order chi connectivity index (χ0) is 14.5. The minimum absolute atomic E-state index is 0.0408. The highest BCUT2D eigenvalue weighted by Gasteiger charge is 2.26. The van der Waals surface area contributed by atoms with E-state index in [4.69, 9.17) is 9.84 Å². The Labute approximate surface area is 118 Å². The summed E-state index contributed by atoms with van der Waals surface area (Å²) in [5.74, 6) is -0.625. The molecular formula is C15H19NO4. The number of aromatic carboxylic acids is 1. The Morgan fingerprint density at radius 2 is 1.95 bits per heavy atom. The summed E-state index contributed by atoms with van der Waals surface area (Å²) in [6, 6.07) is 6.07. The molecule has 1 saturated heterocycles. The highest BCUT2D eigenvalue weighted by atomic mass is 16.5. The van der Waals surface area contributed by atoms with Gasteiger partial charge < -0.3 is 14.7 Å². The molecule has 0 radical (unpaired) electrons. The average Bonchev–Trinajstić information content (AvgIpc) is 2.93. The largest absolute Gasteiger partial charge is 0.478 e. The number of carboxylic acids is 1. The van der Waals surface area contributed by atoms with Gasteiger partial charge >= 0.3 is 5.97 Å². The van der Waals surface area contributed by atoms with Crippen LogP contribution in [0.15, 0.2) is 24.3 Å². The topological polar surface area (TPSA) is 66.8 Å². The molecule has 1 aromatic rings. The Balaban J connectivity index is 1.96. The Morgan fingerprint density at radius 3 is 2.55 bits per heavy atom. The van der Waals surface area contributed by atoms with Crippen LogP contribution in [0.25, 0.3) is 0 Å². The van der Waals surface area contributed by atoms with Gasteiger partial charge in [0.25, 0.3) is 5.91 Å². The second kappa shape index (κ2) is 6.52. The minimum atomic E-state index is -0.984. The molecule has 0 bridgehead atoms. The number of hydrogen-bond acceptors (Lipinski definition) is 3. The number of carbonyl (C=O) groups excluding carboxylic acids is 1. The molecule has 1 aromatic carbocycles. The predicted molar refractivity (Wildman–Crippen MR) is 73.9 cm³/mol. The highest BCUT2D eigenvalue weighted by molar-refractivity contribution is 5.96. The summed E-state index contributed by atoms with van der Waals surface area (Å²) in [4.78, 5) is 24.9. The van der Waals surface area contributed by atoms with Crippen LogP contribution in [0.5, 0.6) is 0 Å². The van der Waals surface area contributed by atoms with Crippen LogP contribution in [0.3, 0.4) is 0 Å². The fourth-order valence-corrected chi connectivity index (χ4v) is 2.38. The van der Waals surface area contributed by atoms with Crippen LogP contribution in [0, 0.1) is 5.92 Å². The van der Waals surface area contributed by atoms with E-state index in [1.165, 1.54) is 12.1 Å². The number of nitrogens with zero attached hydrogens (tertiary/aromatic N) is 1. The van der Waals surface area contributed by atoms with E-state index in [-0.39, 0.29) is 11.5 Å². The lowest BCUT2D eigenvalue weighted by atomic mass is 10.1. The summed E-state index contributed by atoms with van der Waals surface area (Å²) in [7, 11) is 0. The molecular weight excluding hydrogens is 258 g/mol. The number of amides is 1. The van der Waals surface area contributed by atoms with Gasteiger partial charge in [0.2, 0.25) is 0 Å². The average molecular weight is 277 g/mol. The lowest BCUT2D eigenvalue weighted by Crippen LogP contribution is -2.29. The molecule has 1 atom stereocenters. The third kappa shape index (κ3) is 3.36. The summed E-state index contributed by atoms with van der Waals surface area (Å²) in [6.07, 6.45) is 0.957. The monoisotopic (exact) mass is 277 g/mol. The summed E-state index contributed by atoms with van der Waals surface area (Å²) < 4.78 is 5.39. The van der Waals surface area contributed by atoms with Crippen molar-refractivity contribution in [1.29, 1.82) is 0 Å². The Hall–Kier alpha value is -1.88. The fourth-order valence-electron chi connectivity index (χ4n) is 2.38. The molecule has 0 aliphatic carbocycles. The van der Waals surface area contributed by atoms with Crippen molar-refractivity contribution in [3.8, 4) is 0 Å². The van der Waals surface area contributed by atoms with Crippen molar-refractivity contribution in [1.82, 2.24) is 4.90 Å². The SMILES string of the molecule is CCOC[C@@H]1CCN(C(=O)c2ccc(C(=O)O)cc2)C1. The summed E-state index contributed by atoms with van der Waals surface area (Å²) in [5, 5.41) is 8.83. The minimum Gasteiger partial charge on any atom is -0.478 e. The van der Waals surface area contributed by atoms with Crippen LogP contribution in [-0.4, -0.2) is 48.2 Å². The molecule has 0 saturated carbocycles. The van der Waals surface area contributed by atoms with E-state index in [1.807, 2.05) is 6.92 Å². The normalized spacial score (nSPS) is 18.2. The van der Waals surface area contributed by atoms with Crippen molar-refractivity contribution in [3.05, 3.63) is 35.4 Å². The Kier molecular flexibility index (Phi) is 4.74. The first-order valence-corrected chi connectivity index (χ1v) is 6.82.